The molecule has 0 unspecified atom stereocenters. The minimum atomic E-state index is 0.601. The maximum Gasteiger partial charge on any atom is 0.225 e. The normalized spacial score (nSPS) is 16.0. The van der Waals surface area contributed by atoms with Crippen LogP contribution in [0.3, 0.4) is 0 Å². The molecule has 0 bridgehead atoms. The van der Waals surface area contributed by atoms with Crippen LogP contribution in [0.2, 0.25) is 0 Å². The molecule has 0 aliphatic carbocycles. The van der Waals surface area contributed by atoms with Crippen LogP contribution in [0.5, 0.6) is 0 Å². The molecule has 23 heavy (non-hydrogen) atoms. The highest BCUT2D eigenvalue weighted by Crippen LogP contribution is 2.18. The van der Waals surface area contributed by atoms with Crippen LogP contribution in [0.25, 0.3) is 0 Å². The van der Waals surface area contributed by atoms with Crippen LogP contribution in [0.15, 0.2) is 23.5 Å². The van der Waals surface area contributed by atoms with E-state index in [0.717, 1.165) is 42.8 Å². The first-order chi connectivity index (χ1) is 11.1. The zero-order valence-electron chi connectivity index (χ0n) is 13.4. The number of nitrogens with zero attached hydrogens (tertiary/aromatic N) is 6. The van der Waals surface area contributed by atoms with E-state index in [1.165, 1.54) is 4.88 Å². The van der Waals surface area contributed by atoms with Crippen molar-refractivity contribution in [3.63, 3.8) is 0 Å². The fraction of sp³-hybridized carbons (Fsp3) is 0.467. The van der Waals surface area contributed by atoms with Crippen molar-refractivity contribution in [1.29, 1.82) is 0 Å². The summed E-state index contributed by atoms with van der Waals surface area (Å²) in [5.74, 6) is 1.38. The van der Waals surface area contributed by atoms with E-state index in [-0.39, 0.29) is 0 Å². The van der Waals surface area contributed by atoms with Gasteiger partial charge < -0.3 is 15.5 Å². The van der Waals surface area contributed by atoms with Crippen LogP contribution in [-0.2, 0) is 6.54 Å². The average Bonchev–Trinajstić information content (AvgIpc) is 2.91. The van der Waals surface area contributed by atoms with Gasteiger partial charge in [0.15, 0.2) is 5.96 Å². The summed E-state index contributed by atoms with van der Waals surface area (Å²) < 4.78 is 0. The summed E-state index contributed by atoms with van der Waals surface area (Å²) in [6.45, 7) is 7.98. The Morgan fingerprint density at radius 1 is 1.22 bits per heavy atom. The smallest absolute Gasteiger partial charge is 0.225 e. The molecule has 0 saturated carbocycles. The molecule has 2 aromatic heterocycles. The Hall–Kier alpha value is -2.22. The summed E-state index contributed by atoms with van der Waals surface area (Å²) >= 11 is 1.68. The van der Waals surface area contributed by atoms with Crippen LogP contribution in [0.1, 0.15) is 15.6 Å². The standard InChI is InChI=1S/C15H21N7S/c1-11-13(23-12(2)20-11)10-19-14(16)21-6-8-22(9-7-21)15-17-4-3-5-18-15/h3-5H,6-10H2,1-2H3,(H2,16,19). The second-order valence-electron chi connectivity index (χ2n) is 5.44. The molecular weight excluding hydrogens is 310 g/mol. The lowest BCUT2D eigenvalue weighted by Crippen LogP contribution is -2.51. The van der Waals surface area contributed by atoms with Crippen molar-refractivity contribution in [3.8, 4) is 0 Å². The van der Waals surface area contributed by atoms with E-state index in [9.17, 15) is 0 Å². The average molecular weight is 331 g/mol. The largest absolute Gasteiger partial charge is 0.370 e. The van der Waals surface area contributed by atoms with E-state index >= 15 is 0 Å². The van der Waals surface area contributed by atoms with Gasteiger partial charge in [-0.05, 0) is 19.9 Å². The van der Waals surface area contributed by atoms with Gasteiger partial charge in [0.05, 0.1) is 17.2 Å². The summed E-state index contributed by atoms with van der Waals surface area (Å²) in [4.78, 5) is 23.0. The summed E-state index contributed by atoms with van der Waals surface area (Å²) in [5, 5.41) is 1.07. The van der Waals surface area contributed by atoms with E-state index in [4.69, 9.17) is 5.73 Å². The zero-order chi connectivity index (χ0) is 16.2. The molecule has 2 aromatic rings. The lowest BCUT2D eigenvalue weighted by molar-refractivity contribution is 0.378. The lowest BCUT2D eigenvalue weighted by Gasteiger charge is -2.35. The van der Waals surface area contributed by atoms with Crippen molar-refractivity contribution < 1.29 is 0 Å². The third-order valence-corrected chi connectivity index (χ3v) is 4.88. The SMILES string of the molecule is Cc1nc(C)c(CN=C(N)N2CCN(c3ncccn3)CC2)s1. The van der Waals surface area contributed by atoms with Gasteiger partial charge in [-0.2, -0.15) is 0 Å². The quantitative estimate of drug-likeness (QED) is 0.672. The molecule has 0 atom stereocenters. The molecule has 7 nitrogen and oxygen atoms in total. The van der Waals surface area contributed by atoms with Crippen molar-refractivity contribution in [2.24, 2.45) is 10.7 Å². The summed E-state index contributed by atoms with van der Waals surface area (Å²) in [6, 6.07) is 1.83. The van der Waals surface area contributed by atoms with Crippen LogP contribution in [-0.4, -0.2) is 52.0 Å². The van der Waals surface area contributed by atoms with Gasteiger partial charge >= 0.3 is 0 Å². The zero-order valence-corrected chi connectivity index (χ0v) is 14.3. The molecule has 3 rings (SSSR count). The van der Waals surface area contributed by atoms with E-state index in [1.807, 2.05) is 19.9 Å². The first-order valence-corrected chi connectivity index (χ1v) is 8.45. The van der Waals surface area contributed by atoms with Crippen molar-refractivity contribution in [2.75, 3.05) is 31.1 Å². The number of guanidine groups is 1. The van der Waals surface area contributed by atoms with E-state index in [1.54, 1.807) is 23.7 Å². The van der Waals surface area contributed by atoms with Gasteiger partial charge in [0.1, 0.15) is 0 Å². The molecule has 0 radical (unpaired) electrons. The second kappa shape index (κ2) is 6.91. The summed E-state index contributed by atoms with van der Waals surface area (Å²) in [7, 11) is 0. The van der Waals surface area contributed by atoms with Gasteiger partial charge in [-0.25, -0.2) is 19.9 Å². The Labute approximate surface area is 139 Å². The minimum Gasteiger partial charge on any atom is -0.370 e. The Morgan fingerprint density at radius 2 is 1.91 bits per heavy atom. The molecule has 1 saturated heterocycles. The molecular formula is C15H21N7S. The van der Waals surface area contributed by atoms with Crippen molar-refractivity contribution in [1.82, 2.24) is 19.9 Å². The van der Waals surface area contributed by atoms with Gasteiger partial charge in [0.25, 0.3) is 0 Å². The molecule has 3 heterocycles. The molecule has 8 heteroatoms. The van der Waals surface area contributed by atoms with Crippen molar-refractivity contribution in [3.05, 3.63) is 34.0 Å². The summed E-state index contributed by atoms with van der Waals surface area (Å²) in [6.07, 6.45) is 3.54. The van der Waals surface area contributed by atoms with Gasteiger partial charge in [-0.1, -0.05) is 0 Å². The summed E-state index contributed by atoms with van der Waals surface area (Å²) in [5.41, 5.74) is 7.20. The number of aryl methyl sites for hydroxylation is 2. The monoisotopic (exact) mass is 331 g/mol. The Kier molecular flexibility index (Phi) is 4.71. The maximum absolute atomic E-state index is 6.15. The predicted octanol–water partition coefficient (Wildman–Crippen LogP) is 1.19. The maximum atomic E-state index is 6.15. The number of anilines is 1. The van der Waals surface area contributed by atoms with Gasteiger partial charge in [-0.15, -0.1) is 11.3 Å². The molecule has 122 valence electrons. The molecule has 1 aliphatic rings. The van der Waals surface area contributed by atoms with Gasteiger partial charge in [0.2, 0.25) is 5.95 Å². The highest BCUT2D eigenvalue weighted by Gasteiger charge is 2.19. The molecule has 2 N–H and O–H groups in total. The topological polar surface area (TPSA) is 83.5 Å². The van der Waals surface area contributed by atoms with Gasteiger partial charge in [0, 0.05) is 43.4 Å². The minimum absolute atomic E-state index is 0.601. The Balaban J connectivity index is 1.56. The van der Waals surface area contributed by atoms with E-state index < -0.39 is 0 Å². The van der Waals surface area contributed by atoms with Crippen LogP contribution in [0, 0.1) is 13.8 Å². The number of aromatic nitrogens is 3. The van der Waals surface area contributed by atoms with Crippen LogP contribution < -0.4 is 10.6 Å². The van der Waals surface area contributed by atoms with Crippen molar-refractivity contribution >= 4 is 23.2 Å². The fourth-order valence-electron chi connectivity index (χ4n) is 2.56. The highest BCUT2D eigenvalue weighted by molar-refractivity contribution is 7.11. The highest BCUT2D eigenvalue weighted by atomic mass is 32.1. The Bertz CT molecular complexity index is 674. The first-order valence-electron chi connectivity index (χ1n) is 7.63. The number of piperazine rings is 1. The number of aliphatic imine (C=N–C) groups is 1. The molecule has 0 amide bonds. The predicted molar refractivity (Wildman–Crippen MR) is 92.7 cm³/mol. The molecule has 0 spiro atoms. The van der Waals surface area contributed by atoms with E-state index in [2.05, 4.69) is 29.7 Å². The second-order valence-corrected chi connectivity index (χ2v) is 6.73. The van der Waals surface area contributed by atoms with Crippen LogP contribution in [0.4, 0.5) is 5.95 Å². The molecule has 0 aromatic carbocycles. The van der Waals surface area contributed by atoms with Gasteiger partial charge in [-0.3, -0.25) is 0 Å². The Morgan fingerprint density at radius 3 is 2.52 bits per heavy atom. The fourth-order valence-corrected chi connectivity index (χ4v) is 3.42. The number of thiazole rings is 1. The number of hydrogen-bond acceptors (Lipinski definition) is 6. The third kappa shape index (κ3) is 3.76. The van der Waals surface area contributed by atoms with E-state index in [0.29, 0.717) is 12.5 Å². The van der Waals surface area contributed by atoms with Crippen molar-refractivity contribution in [2.45, 2.75) is 20.4 Å². The third-order valence-electron chi connectivity index (χ3n) is 3.82. The number of nitrogens with two attached hydrogens (primary N) is 1. The molecule has 1 aliphatic heterocycles. The number of rotatable bonds is 3. The molecule has 1 fully saturated rings. The van der Waals surface area contributed by atoms with Crippen LogP contribution >= 0.6 is 11.3 Å². The number of hydrogen-bond donors (Lipinski definition) is 1. The lowest BCUT2D eigenvalue weighted by atomic mass is 10.3. The first kappa shape index (κ1) is 15.7.